The quantitative estimate of drug-likeness (QED) is 0.651. The van der Waals surface area contributed by atoms with Crippen LogP contribution in [0.5, 0.6) is 11.5 Å². The number of hydrogen-bond donors (Lipinski definition) is 1. The lowest BCUT2D eigenvalue weighted by Gasteiger charge is -2.44. The summed E-state index contributed by atoms with van der Waals surface area (Å²) in [7, 11) is 0. The van der Waals surface area contributed by atoms with Gasteiger partial charge in [-0.25, -0.2) is 0 Å². The average molecular weight is 462 g/mol. The number of benzene rings is 2. The maximum atomic E-state index is 13.6. The molecule has 0 bridgehead atoms. The molecule has 0 radical (unpaired) electrons. The van der Waals surface area contributed by atoms with E-state index in [1.54, 1.807) is 0 Å². The molecule has 2 aliphatic heterocycles. The summed E-state index contributed by atoms with van der Waals surface area (Å²) in [6.07, 6.45) is 1.04. The molecular formula is C26H24ClN3O3. The van der Waals surface area contributed by atoms with Gasteiger partial charge in [0.25, 0.3) is 0 Å². The third-order valence-corrected chi connectivity index (χ3v) is 7.00. The molecule has 33 heavy (non-hydrogen) atoms. The number of ketones is 1. The summed E-state index contributed by atoms with van der Waals surface area (Å²) in [6.45, 7) is 6.21. The molecule has 7 heteroatoms. The Morgan fingerprint density at radius 3 is 2.70 bits per heavy atom. The van der Waals surface area contributed by atoms with E-state index in [4.69, 9.17) is 26.8 Å². The molecule has 0 saturated heterocycles. The molecule has 5 rings (SSSR count). The SMILES string of the molecule is Cc1c(Cl)cccc1N1C(N)=C(C#N)[C@@H](c2ccc3c(c2)OCO3)C2=C1CC(C)(C)CC2=O. The molecule has 0 aromatic heterocycles. The molecule has 1 atom stereocenters. The minimum atomic E-state index is -0.571. The highest BCUT2D eigenvalue weighted by atomic mass is 35.5. The Kier molecular flexibility index (Phi) is 4.91. The maximum Gasteiger partial charge on any atom is 0.231 e. The van der Waals surface area contributed by atoms with Gasteiger partial charge in [-0.05, 0) is 54.2 Å². The van der Waals surface area contributed by atoms with Gasteiger partial charge in [0.1, 0.15) is 5.82 Å². The highest BCUT2D eigenvalue weighted by Crippen LogP contribution is 2.51. The van der Waals surface area contributed by atoms with E-state index in [9.17, 15) is 10.1 Å². The van der Waals surface area contributed by atoms with Crippen LogP contribution in [0.3, 0.4) is 0 Å². The van der Waals surface area contributed by atoms with Crippen molar-refractivity contribution in [2.75, 3.05) is 11.7 Å². The summed E-state index contributed by atoms with van der Waals surface area (Å²) in [6, 6.07) is 13.4. The number of carbonyl (C=O) groups excluding carboxylic acids is 1. The fraction of sp³-hybridized carbons (Fsp3) is 0.308. The molecule has 0 fully saturated rings. The first-order chi connectivity index (χ1) is 15.7. The first kappa shape index (κ1) is 21.4. The molecule has 1 aliphatic carbocycles. The fourth-order valence-corrected chi connectivity index (χ4v) is 5.22. The third kappa shape index (κ3) is 3.35. The first-order valence-electron chi connectivity index (χ1n) is 10.8. The van der Waals surface area contributed by atoms with Crippen molar-refractivity contribution in [3.8, 4) is 17.6 Å². The Morgan fingerprint density at radius 2 is 1.94 bits per heavy atom. The third-order valence-electron chi connectivity index (χ3n) is 6.59. The lowest BCUT2D eigenvalue weighted by atomic mass is 9.68. The van der Waals surface area contributed by atoms with Crippen LogP contribution in [-0.4, -0.2) is 12.6 Å². The van der Waals surface area contributed by atoms with Crippen molar-refractivity contribution in [3.63, 3.8) is 0 Å². The van der Waals surface area contributed by atoms with Gasteiger partial charge in [-0.1, -0.05) is 37.6 Å². The van der Waals surface area contributed by atoms with Crippen LogP contribution in [0.1, 0.15) is 43.7 Å². The van der Waals surface area contributed by atoms with E-state index in [0.717, 1.165) is 22.5 Å². The lowest BCUT2D eigenvalue weighted by Crippen LogP contribution is -2.42. The summed E-state index contributed by atoms with van der Waals surface area (Å²) < 4.78 is 11.0. The van der Waals surface area contributed by atoms with Crippen LogP contribution in [0, 0.1) is 23.7 Å². The number of Topliss-reactive ketones (excluding diaryl/α,β-unsaturated/α-hetero) is 1. The fourth-order valence-electron chi connectivity index (χ4n) is 5.05. The summed E-state index contributed by atoms with van der Waals surface area (Å²) in [5, 5.41) is 10.8. The summed E-state index contributed by atoms with van der Waals surface area (Å²) in [4.78, 5) is 15.5. The van der Waals surface area contributed by atoms with E-state index in [2.05, 4.69) is 19.9 Å². The molecular weight excluding hydrogens is 438 g/mol. The van der Waals surface area contributed by atoms with E-state index >= 15 is 0 Å². The average Bonchev–Trinajstić information content (AvgIpc) is 3.22. The predicted octanol–water partition coefficient (Wildman–Crippen LogP) is 5.32. The van der Waals surface area contributed by atoms with E-state index in [-0.39, 0.29) is 18.0 Å². The van der Waals surface area contributed by atoms with Gasteiger partial charge >= 0.3 is 0 Å². The van der Waals surface area contributed by atoms with Crippen molar-refractivity contribution in [2.45, 2.75) is 39.5 Å². The van der Waals surface area contributed by atoms with Crippen LogP contribution in [-0.2, 0) is 4.79 Å². The molecule has 0 saturated carbocycles. The van der Waals surface area contributed by atoms with Crippen molar-refractivity contribution in [1.82, 2.24) is 0 Å². The Labute approximate surface area is 197 Å². The number of fused-ring (bicyclic) bond motifs is 1. The van der Waals surface area contributed by atoms with Crippen molar-refractivity contribution in [1.29, 1.82) is 5.26 Å². The number of nitrogens with zero attached hydrogens (tertiary/aromatic N) is 2. The van der Waals surface area contributed by atoms with Gasteiger partial charge in [-0.15, -0.1) is 0 Å². The lowest BCUT2D eigenvalue weighted by molar-refractivity contribution is -0.118. The second kappa shape index (κ2) is 7.57. The molecule has 168 valence electrons. The highest BCUT2D eigenvalue weighted by molar-refractivity contribution is 6.31. The number of carbonyl (C=O) groups is 1. The van der Waals surface area contributed by atoms with Crippen LogP contribution in [0.25, 0.3) is 0 Å². The predicted molar refractivity (Wildman–Crippen MR) is 126 cm³/mol. The van der Waals surface area contributed by atoms with E-state index in [0.29, 0.717) is 46.3 Å². The molecule has 2 heterocycles. The van der Waals surface area contributed by atoms with Crippen LogP contribution in [0.2, 0.25) is 5.02 Å². The van der Waals surface area contributed by atoms with Crippen LogP contribution >= 0.6 is 11.6 Å². The minimum Gasteiger partial charge on any atom is -0.454 e. The Hall–Kier alpha value is -3.43. The largest absolute Gasteiger partial charge is 0.454 e. The maximum absolute atomic E-state index is 13.6. The highest BCUT2D eigenvalue weighted by Gasteiger charge is 2.45. The van der Waals surface area contributed by atoms with E-state index < -0.39 is 5.92 Å². The Bertz CT molecular complexity index is 1300. The number of ether oxygens (including phenoxy) is 2. The van der Waals surface area contributed by atoms with Crippen LogP contribution in [0.4, 0.5) is 5.69 Å². The number of allylic oxidation sites excluding steroid dienone is 3. The monoisotopic (exact) mass is 461 g/mol. The number of halogens is 1. The molecule has 2 aromatic carbocycles. The molecule has 2 N–H and O–H groups in total. The summed E-state index contributed by atoms with van der Waals surface area (Å²) in [5.74, 6) is 1.01. The molecule has 0 amide bonds. The summed E-state index contributed by atoms with van der Waals surface area (Å²) in [5.41, 5.74) is 10.6. The Balaban J connectivity index is 1.78. The van der Waals surface area contributed by atoms with E-state index in [1.165, 1.54) is 0 Å². The van der Waals surface area contributed by atoms with Crippen molar-refractivity contribution in [2.24, 2.45) is 11.1 Å². The van der Waals surface area contributed by atoms with E-state index in [1.807, 2.05) is 48.2 Å². The van der Waals surface area contributed by atoms with Gasteiger partial charge in [-0.2, -0.15) is 5.26 Å². The van der Waals surface area contributed by atoms with Gasteiger partial charge < -0.3 is 15.2 Å². The minimum absolute atomic E-state index is 0.0221. The normalized spacial score (nSPS) is 21.2. The topological polar surface area (TPSA) is 88.6 Å². The van der Waals surface area contributed by atoms with Crippen molar-refractivity contribution >= 4 is 23.1 Å². The number of rotatable bonds is 2. The zero-order chi connectivity index (χ0) is 23.5. The molecule has 3 aliphatic rings. The van der Waals surface area contributed by atoms with Gasteiger partial charge in [0.15, 0.2) is 17.3 Å². The number of hydrogen-bond acceptors (Lipinski definition) is 6. The molecule has 0 spiro atoms. The zero-order valence-electron chi connectivity index (χ0n) is 18.7. The van der Waals surface area contributed by atoms with Crippen LogP contribution in [0.15, 0.2) is 59.1 Å². The zero-order valence-corrected chi connectivity index (χ0v) is 19.5. The molecule has 2 aromatic rings. The van der Waals surface area contributed by atoms with Gasteiger partial charge in [0.05, 0.1) is 23.2 Å². The van der Waals surface area contributed by atoms with Crippen molar-refractivity contribution < 1.29 is 14.3 Å². The van der Waals surface area contributed by atoms with Gasteiger partial charge in [0, 0.05) is 22.7 Å². The molecule has 0 unspecified atom stereocenters. The second-order valence-electron chi connectivity index (χ2n) is 9.48. The number of nitrogens with two attached hydrogens (primary N) is 1. The summed E-state index contributed by atoms with van der Waals surface area (Å²) >= 11 is 6.43. The standard InChI is InChI=1S/C26H24ClN3O3/c1-14-17(27)5-4-6-18(14)30-19-10-26(2,3)11-20(31)24(19)23(16(12-28)25(30)29)15-7-8-21-22(9-15)33-13-32-21/h4-9,23H,10-11,13,29H2,1-3H3/t23-/m1/s1. The number of nitriles is 1. The Morgan fingerprint density at radius 1 is 1.18 bits per heavy atom. The molecule has 6 nitrogen and oxygen atoms in total. The van der Waals surface area contributed by atoms with Crippen LogP contribution < -0.4 is 20.1 Å². The number of anilines is 1. The van der Waals surface area contributed by atoms with Crippen molar-refractivity contribution in [3.05, 3.63) is 75.2 Å². The van der Waals surface area contributed by atoms with Gasteiger partial charge in [0.2, 0.25) is 6.79 Å². The smallest absolute Gasteiger partial charge is 0.231 e. The van der Waals surface area contributed by atoms with Gasteiger partial charge in [-0.3, -0.25) is 9.69 Å². The second-order valence-corrected chi connectivity index (χ2v) is 9.88. The first-order valence-corrected chi connectivity index (χ1v) is 11.2.